The van der Waals surface area contributed by atoms with Crippen molar-refractivity contribution in [3.05, 3.63) is 69.1 Å². The molecule has 0 aliphatic heterocycles. The highest BCUT2D eigenvalue weighted by atomic mass is 79.9. The van der Waals surface area contributed by atoms with E-state index in [1.54, 1.807) is 49.4 Å². The molecule has 31 heavy (non-hydrogen) atoms. The summed E-state index contributed by atoms with van der Waals surface area (Å²) < 4.78 is 0.838. The third-order valence-electron chi connectivity index (χ3n) is 4.15. The number of carbonyl (C=O) groups is 3. The molecule has 0 saturated carbocycles. The van der Waals surface area contributed by atoms with Gasteiger partial charge in [-0.1, -0.05) is 40.3 Å². The van der Waals surface area contributed by atoms with Crippen LogP contribution in [0.2, 0.25) is 0 Å². The SMILES string of the molecule is CCC(=O)Nc1ccc(C(=O)Nc2nnc(CCNC(=O)c3cccc(Br)c3)s2)cc1. The largest absolute Gasteiger partial charge is 0.352 e. The van der Waals surface area contributed by atoms with E-state index in [-0.39, 0.29) is 17.7 Å². The normalized spacial score (nSPS) is 10.4. The van der Waals surface area contributed by atoms with Crippen molar-refractivity contribution in [2.75, 3.05) is 17.2 Å². The summed E-state index contributed by atoms with van der Waals surface area (Å²) in [4.78, 5) is 35.9. The lowest BCUT2D eigenvalue weighted by molar-refractivity contribution is -0.115. The van der Waals surface area contributed by atoms with Crippen LogP contribution in [0.5, 0.6) is 0 Å². The first-order valence-corrected chi connectivity index (χ1v) is 11.1. The number of nitrogens with zero attached hydrogens (tertiary/aromatic N) is 2. The van der Waals surface area contributed by atoms with Crippen LogP contribution in [0.3, 0.4) is 0 Å². The third kappa shape index (κ3) is 6.69. The molecule has 3 amide bonds. The van der Waals surface area contributed by atoms with Crippen LogP contribution in [0, 0.1) is 0 Å². The number of carbonyl (C=O) groups excluding carboxylic acids is 3. The lowest BCUT2D eigenvalue weighted by Crippen LogP contribution is -2.25. The van der Waals surface area contributed by atoms with E-state index >= 15 is 0 Å². The molecule has 0 aliphatic carbocycles. The summed E-state index contributed by atoms with van der Waals surface area (Å²) in [7, 11) is 0. The Morgan fingerprint density at radius 1 is 0.968 bits per heavy atom. The summed E-state index contributed by atoms with van der Waals surface area (Å²) in [5.74, 6) is -0.580. The Hall–Kier alpha value is -3.11. The molecule has 0 fully saturated rings. The number of halogens is 1. The minimum atomic E-state index is -0.320. The Kier molecular flexibility index (Phi) is 7.85. The molecule has 2 aromatic carbocycles. The monoisotopic (exact) mass is 501 g/mol. The van der Waals surface area contributed by atoms with Gasteiger partial charge in [-0.3, -0.25) is 19.7 Å². The average Bonchev–Trinajstić information content (AvgIpc) is 3.21. The highest BCUT2D eigenvalue weighted by Crippen LogP contribution is 2.18. The number of aromatic nitrogens is 2. The van der Waals surface area contributed by atoms with Crippen LogP contribution >= 0.6 is 27.3 Å². The second-order valence-electron chi connectivity index (χ2n) is 6.45. The van der Waals surface area contributed by atoms with Gasteiger partial charge >= 0.3 is 0 Å². The Morgan fingerprint density at radius 3 is 2.45 bits per heavy atom. The molecule has 0 atom stereocenters. The number of nitrogens with one attached hydrogen (secondary N) is 3. The molecule has 0 radical (unpaired) electrons. The molecule has 0 aliphatic rings. The van der Waals surface area contributed by atoms with E-state index in [0.29, 0.717) is 46.3 Å². The molecule has 0 saturated heterocycles. The molecule has 0 unspecified atom stereocenters. The van der Waals surface area contributed by atoms with Crippen molar-refractivity contribution in [2.24, 2.45) is 0 Å². The molecule has 1 heterocycles. The van der Waals surface area contributed by atoms with Crippen LogP contribution in [0.1, 0.15) is 39.1 Å². The fourth-order valence-electron chi connectivity index (χ4n) is 2.54. The van der Waals surface area contributed by atoms with Crippen molar-refractivity contribution in [2.45, 2.75) is 19.8 Å². The van der Waals surface area contributed by atoms with E-state index in [2.05, 4.69) is 42.1 Å². The Labute approximate surface area is 191 Å². The fraction of sp³-hybridized carbons (Fsp3) is 0.190. The first-order chi connectivity index (χ1) is 14.9. The molecule has 3 N–H and O–H groups in total. The number of anilines is 2. The fourth-order valence-corrected chi connectivity index (χ4v) is 3.68. The van der Waals surface area contributed by atoms with Crippen molar-refractivity contribution < 1.29 is 14.4 Å². The number of hydrogen-bond donors (Lipinski definition) is 3. The number of rotatable bonds is 8. The lowest BCUT2D eigenvalue weighted by Gasteiger charge is -2.05. The van der Waals surface area contributed by atoms with E-state index in [1.807, 2.05) is 6.07 Å². The van der Waals surface area contributed by atoms with Crippen LogP contribution < -0.4 is 16.0 Å². The van der Waals surface area contributed by atoms with Crippen LogP contribution in [0.15, 0.2) is 53.0 Å². The van der Waals surface area contributed by atoms with E-state index in [4.69, 9.17) is 0 Å². The summed E-state index contributed by atoms with van der Waals surface area (Å²) in [5, 5.41) is 17.4. The van der Waals surface area contributed by atoms with Crippen molar-refractivity contribution in [1.82, 2.24) is 15.5 Å². The van der Waals surface area contributed by atoms with Crippen LogP contribution in [-0.2, 0) is 11.2 Å². The summed E-state index contributed by atoms with van der Waals surface area (Å²) in [6.07, 6.45) is 0.883. The van der Waals surface area contributed by atoms with Gasteiger partial charge in [0.1, 0.15) is 5.01 Å². The van der Waals surface area contributed by atoms with Crippen LogP contribution in [-0.4, -0.2) is 34.5 Å². The van der Waals surface area contributed by atoms with Gasteiger partial charge in [0, 0.05) is 40.7 Å². The quantitative estimate of drug-likeness (QED) is 0.433. The van der Waals surface area contributed by atoms with Gasteiger partial charge in [-0.2, -0.15) is 0 Å². The zero-order chi connectivity index (χ0) is 22.2. The smallest absolute Gasteiger partial charge is 0.257 e. The van der Waals surface area contributed by atoms with Crippen molar-refractivity contribution in [3.8, 4) is 0 Å². The van der Waals surface area contributed by atoms with Gasteiger partial charge in [0.05, 0.1) is 0 Å². The average molecular weight is 502 g/mol. The van der Waals surface area contributed by atoms with Gasteiger partial charge in [-0.05, 0) is 42.5 Å². The summed E-state index contributed by atoms with van der Waals surface area (Å²) in [5.41, 5.74) is 1.64. The second-order valence-corrected chi connectivity index (χ2v) is 8.43. The molecule has 3 rings (SSSR count). The summed E-state index contributed by atoms with van der Waals surface area (Å²) >= 11 is 4.59. The zero-order valence-corrected chi connectivity index (χ0v) is 19.0. The summed E-state index contributed by atoms with van der Waals surface area (Å²) in [6, 6.07) is 13.7. The number of benzene rings is 2. The van der Waals surface area contributed by atoms with Crippen molar-refractivity contribution >= 4 is 55.8 Å². The van der Waals surface area contributed by atoms with Gasteiger partial charge in [0.2, 0.25) is 11.0 Å². The predicted molar refractivity (Wildman–Crippen MR) is 123 cm³/mol. The van der Waals surface area contributed by atoms with E-state index < -0.39 is 0 Å². The number of hydrogen-bond acceptors (Lipinski definition) is 6. The number of amides is 3. The molecule has 1 aromatic heterocycles. The van der Waals surface area contributed by atoms with E-state index in [9.17, 15) is 14.4 Å². The Bertz CT molecular complexity index is 1080. The first-order valence-electron chi connectivity index (χ1n) is 9.52. The molecule has 8 nitrogen and oxygen atoms in total. The van der Waals surface area contributed by atoms with Gasteiger partial charge in [0.25, 0.3) is 11.8 Å². The minimum Gasteiger partial charge on any atom is -0.352 e. The molecule has 3 aromatic rings. The zero-order valence-electron chi connectivity index (χ0n) is 16.6. The standard InChI is InChI=1S/C21H20BrN5O3S/c1-2-17(28)24-16-8-6-13(7-9-16)20(30)25-21-27-26-18(31-21)10-11-23-19(29)14-4-3-5-15(22)12-14/h3-9,12H,2,10-11H2,1H3,(H,23,29)(H,24,28)(H,25,27,30). The van der Waals surface area contributed by atoms with E-state index in [1.165, 1.54) is 11.3 Å². The first kappa shape index (κ1) is 22.6. The van der Waals surface area contributed by atoms with Gasteiger partial charge < -0.3 is 10.6 Å². The van der Waals surface area contributed by atoms with Crippen molar-refractivity contribution in [3.63, 3.8) is 0 Å². The van der Waals surface area contributed by atoms with Crippen molar-refractivity contribution in [1.29, 1.82) is 0 Å². The predicted octanol–water partition coefficient (Wildman–Crippen LogP) is 3.87. The molecule has 0 bridgehead atoms. The Balaban J connectivity index is 1.48. The second kappa shape index (κ2) is 10.8. The maximum Gasteiger partial charge on any atom is 0.257 e. The Morgan fingerprint density at radius 2 is 1.74 bits per heavy atom. The highest BCUT2D eigenvalue weighted by Gasteiger charge is 2.11. The maximum atomic E-state index is 12.4. The topological polar surface area (TPSA) is 113 Å². The molecule has 10 heteroatoms. The summed E-state index contributed by atoms with van der Waals surface area (Å²) in [6.45, 7) is 2.17. The van der Waals surface area contributed by atoms with Crippen LogP contribution in [0.4, 0.5) is 10.8 Å². The highest BCUT2D eigenvalue weighted by molar-refractivity contribution is 9.10. The maximum absolute atomic E-state index is 12.4. The minimum absolute atomic E-state index is 0.0913. The lowest BCUT2D eigenvalue weighted by atomic mass is 10.2. The van der Waals surface area contributed by atoms with Gasteiger partial charge in [0.15, 0.2) is 0 Å². The molecule has 160 valence electrons. The van der Waals surface area contributed by atoms with Gasteiger partial charge in [-0.25, -0.2) is 0 Å². The van der Waals surface area contributed by atoms with Crippen LogP contribution in [0.25, 0.3) is 0 Å². The molecule has 0 spiro atoms. The molecular formula is C21H20BrN5O3S. The molecular weight excluding hydrogens is 482 g/mol. The van der Waals surface area contributed by atoms with E-state index in [0.717, 1.165) is 4.47 Å². The third-order valence-corrected chi connectivity index (χ3v) is 5.54. The van der Waals surface area contributed by atoms with Gasteiger partial charge in [-0.15, -0.1) is 10.2 Å².